The first-order valence-corrected chi connectivity index (χ1v) is 8.90. The molecule has 0 bridgehead atoms. The molecule has 3 aromatic rings. The summed E-state index contributed by atoms with van der Waals surface area (Å²) in [6.45, 7) is 3.33. The van der Waals surface area contributed by atoms with Gasteiger partial charge in [-0.15, -0.1) is 10.2 Å². The zero-order valence-electron chi connectivity index (χ0n) is 16.0. The minimum Gasteiger partial charge on any atom is -0.493 e. The molecule has 1 aromatic carbocycles. The van der Waals surface area contributed by atoms with Crippen molar-refractivity contribution in [3.8, 4) is 17.5 Å². The van der Waals surface area contributed by atoms with Crippen molar-refractivity contribution < 1.29 is 60.1 Å². The van der Waals surface area contributed by atoms with Crippen LogP contribution in [0.25, 0.3) is 11.6 Å². The molecule has 30 heavy (non-hydrogen) atoms. The third-order valence-corrected chi connectivity index (χ3v) is 4.29. The molecule has 2 aromatic heterocycles. The first-order valence-electron chi connectivity index (χ1n) is 8.90. The SMILES string of the molecule is [CH2-]CCCC(OCc1ccccc1)(c1nnc(-c2cccc(O)n2)o1)C(F)(F)F.[Y]. The quantitative estimate of drug-likeness (QED) is 0.452. The minimum absolute atomic E-state index is 0. The molecule has 0 aliphatic carbocycles. The number of unbranched alkanes of at least 4 members (excludes halogenated alkanes) is 1. The van der Waals surface area contributed by atoms with Gasteiger partial charge in [0.15, 0.2) is 0 Å². The Bertz CT molecular complexity index is 938. The second kappa shape index (κ2) is 10.5. The van der Waals surface area contributed by atoms with E-state index >= 15 is 0 Å². The van der Waals surface area contributed by atoms with E-state index in [2.05, 4.69) is 22.1 Å². The van der Waals surface area contributed by atoms with E-state index in [9.17, 15) is 18.3 Å². The van der Waals surface area contributed by atoms with Gasteiger partial charge in [-0.2, -0.15) is 19.6 Å². The number of aromatic hydroxyl groups is 1. The van der Waals surface area contributed by atoms with Crippen molar-refractivity contribution in [3.05, 3.63) is 66.9 Å². The number of nitrogens with zero attached hydrogens (tertiary/aromatic N) is 3. The predicted octanol–water partition coefficient (Wildman–Crippen LogP) is 4.81. The maximum absolute atomic E-state index is 14.2. The maximum atomic E-state index is 14.2. The van der Waals surface area contributed by atoms with Gasteiger partial charge >= 0.3 is 6.18 Å². The standard InChI is InChI=1S/C20H19F3N3O3.Y/c1-2-3-12-19(20(21,22)23,28-13-14-8-5-4-6-9-14)18-26-25-17(29-18)15-10-7-11-16(27)24-15;/h4-11H,1-3,12-13H2,(H,24,27);/q-1;. The Morgan fingerprint density at radius 2 is 1.77 bits per heavy atom. The summed E-state index contributed by atoms with van der Waals surface area (Å²) in [6.07, 6.45) is -4.83. The zero-order chi connectivity index (χ0) is 20.9. The van der Waals surface area contributed by atoms with Crippen LogP contribution in [0.15, 0.2) is 52.9 Å². The van der Waals surface area contributed by atoms with Crippen LogP contribution in [0.1, 0.15) is 30.7 Å². The Morgan fingerprint density at radius 3 is 2.40 bits per heavy atom. The Balaban J connectivity index is 0.00000320. The Hall–Kier alpha value is -1.84. The molecule has 0 aliphatic heterocycles. The van der Waals surface area contributed by atoms with E-state index in [1.54, 1.807) is 30.3 Å². The predicted molar refractivity (Wildman–Crippen MR) is 97.4 cm³/mol. The van der Waals surface area contributed by atoms with Crippen LogP contribution in [-0.4, -0.2) is 26.5 Å². The van der Waals surface area contributed by atoms with Gasteiger partial charge in [-0.3, -0.25) is 0 Å². The van der Waals surface area contributed by atoms with E-state index in [0.717, 1.165) is 0 Å². The third-order valence-electron chi connectivity index (χ3n) is 4.29. The van der Waals surface area contributed by atoms with Crippen LogP contribution in [0.3, 0.4) is 0 Å². The smallest absolute Gasteiger partial charge is 0.426 e. The van der Waals surface area contributed by atoms with Gasteiger partial charge in [-0.1, -0.05) is 42.8 Å². The van der Waals surface area contributed by atoms with E-state index in [1.807, 2.05) is 0 Å². The first-order chi connectivity index (χ1) is 13.9. The van der Waals surface area contributed by atoms with Crippen molar-refractivity contribution in [1.82, 2.24) is 15.2 Å². The topological polar surface area (TPSA) is 81.3 Å². The molecular formula is C20H19F3N3O3Y-. The number of aromatic nitrogens is 3. The van der Waals surface area contributed by atoms with Crippen molar-refractivity contribution in [2.45, 2.75) is 37.6 Å². The molecule has 1 atom stereocenters. The van der Waals surface area contributed by atoms with Gasteiger partial charge in [0.05, 0.1) is 6.61 Å². The number of ether oxygens (including phenoxy) is 1. The molecule has 1 N–H and O–H groups in total. The van der Waals surface area contributed by atoms with Gasteiger partial charge in [0.1, 0.15) is 5.69 Å². The summed E-state index contributed by atoms with van der Waals surface area (Å²) < 4.78 is 53.5. The Kier molecular flexibility index (Phi) is 8.52. The zero-order valence-corrected chi connectivity index (χ0v) is 18.8. The number of benzene rings is 1. The van der Waals surface area contributed by atoms with E-state index in [0.29, 0.717) is 5.56 Å². The number of pyridine rings is 1. The summed E-state index contributed by atoms with van der Waals surface area (Å²) in [4.78, 5) is 3.78. The third kappa shape index (κ3) is 5.44. The summed E-state index contributed by atoms with van der Waals surface area (Å²) in [5.41, 5.74) is -2.16. The van der Waals surface area contributed by atoms with Crippen LogP contribution >= 0.6 is 0 Å². The molecule has 10 heteroatoms. The number of hydrogen-bond donors (Lipinski definition) is 1. The molecule has 0 fully saturated rings. The molecule has 0 aliphatic rings. The van der Waals surface area contributed by atoms with Gasteiger partial charge in [0, 0.05) is 38.8 Å². The second-order valence-corrected chi connectivity index (χ2v) is 6.35. The van der Waals surface area contributed by atoms with Gasteiger partial charge in [0.25, 0.3) is 11.8 Å². The van der Waals surface area contributed by atoms with Crippen molar-refractivity contribution in [2.75, 3.05) is 0 Å². The van der Waals surface area contributed by atoms with Crippen LogP contribution in [0, 0.1) is 6.92 Å². The second-order valence-electron chi connectivity index (χ2n) is 6.35. The average Bonchev–Trinajstić information content (AvgIpc) is 3.19. The number of halogens is 3. The fraction of sp³-hybridized carbons (Fsp3) is 0.300. The van der Waals surface area contributed by atoms with Crippen molar-refractivity contribution in [2.24, 2.45) is 0 Å². The van der Waals surface area contributed by atoms with E-state index in [4.69, 9.17) is 9.15 Å². The molecule has 1 radical (unpaired) electrons. The molecule has 0 saturated carbocycles. The fourth-order valence-corrected chi connectivity index (χ4v) is 2.77. The largest absolute Gasteiger partial charge is 0.493 e. The van der Waals surface area contributed by atoms with Crippen LogP contribution < -0.4 is 0 Å². The van der Waals surface area contributed by atoms with Gasteiger partial charge in [-0.05, 0) is 18.1 Å². The number of alkyl halides is 3. The molecule has 0 amide bonds. The van der Waals surface area contributed by atoms with Crippen LogP contribution in [0.4, 0.5) is 13.2 Å². The van der Waals surface area contributed by atoms with E-state index in [1.165, 1.54) is 18.2 Å². The van der Waals surface area contributed by atoms with Crippen LogP contribution in [0.5, 0.6) is 5.88 Å². The van der Waals surface area contributed by atoms with Gasteiger partial charge < -0.3 is 21.2 Å². The average molecular weight is 495 g/mol. The number of rotatable bonds is 8. The number of hydrogen-bond acceptors (Lipinski definition) is 6. The Labute approximate surface area is 196 Å². The molecule has 6 nitrogen and oxygen atoms in total. The van der Waals surface area contributed by atoms with E-state index in [-0.39, 0.29) is 69.6 Å². The van der Waals surface area contributed by atoms with Crippen LogP contribution in [0.2, 0.25) is 0 Å². The molecule has 0 spiro atoms. The summed E-state index contributed by atoms with van der Waals surface area (Å²) in [7, 11) is 0. The molecule has 157 valence electrons. The molecule has 0 saturated heterocycles. The minimum atomic E-state index is -4.81. The van der Waals surface area contributed by atoms with Crippen LogP contribution in [-0.2, 0) is 49.7 Å². The first kappa shape index (κ1) is 24.4. The molecule has 2 heterocycles. The summed E-state index contributed by atoms with van der Waals surface area (Å²) in [6, 6.07) is 12.7. The summed E-state index contributed by atoms with van der Waals surface area (Å²) >= 11 is 0. The normalized spacial score (nSPS) is 13.5. The van der Waals surface area contributed by atoms with E-state index < -0.39 is 24.1 Å². The monoisotopic (exact) mass is 495 g/mol. The van der Waals surface area contributed by atoms with Crippen molar-refractivity contribution in [1.29, 1.82) is 0 Å². The molecule has 1 unspecified atom stereocenters. The summed E-state index contributed by atoms with van der Waals surface area (Å²) in [5.74, 6) is -1.28. The molecular weight excluding hydrogens is 476 g/mol. The van der Waals surface area contributed by atoms with Crippen molar-refractivity contribution >= 4 is 0 Å². The fourth-order valence-electron chi connectivity index (χ4n) is 2.77. The summed E-state index contributed by atoms with van der Waals surface area (Å²) in [5, 5.41) is 16.8. The maximum Gasteiger partial charge on any atom is 0.426 e. The van der Waals surface area contributed by atoms with Crippen molar-refractivity contribution in [3.63, 3.8) is 0 Å². The Morgan fingerprint density at radius 1 is 1.03 bits per heavy atom. The molecule has 3 rings (SSSR count). The van der Waals surface area contributed by atoms with Gasteiger partial charge in [-0.25, -0.2) is 4.98 Å². The van der Waals surface area contributed by atoms with Gasteiger partial charge in [0.2, 0.25) is 11.5 Å².